The van der Waals surface area contributed by atoms with Crippen LogP contribution in [0, 0.1) is 12.8 Å². The number of rotatable bonds is 2. The zero-order valence-corrected chi connectivity index (χ0v) is 10.9. The molecule has 0 aliphatic carbocycles. The lowest BCUT2D eigenvalue weighted by Gasteiger charge is -2.37. The monoisotopic (exact) mass is 234 g/mol. The van der Waals surface area contributed by atoms with Gasteiger partial charge < -0.3 is 15.4 Å². The molecule has 1 saturated heterocycles. The van der Waals surface area contributed by atoms with E-state index < -0.39 is 0 Å². The van der Waals surface area contributed by atoms with Crippen molar-refractivity contribution < 1.29 is 4.74 Å². The molecule has 0 spiro atoms. The third-order valence-electron chi connectivity index (χ3n) is 3.64. The van der Waals surface area contributed by atoms with E-state index in [4.69, 9.17) is 10.5 Å². The molecule has 1 aromatic rings. The molecule has 0 aromatic heterocycles. The van der Waals surface area contributed by atoms with Gasteiger partial charge in [0, 0.05) is 31.6 Å². The summed E-state index contributed by atoms with van der Waals surface area (Å²) >= 11 is 0. The summed E-state index contributed by atoms with van der Waals surface area (Å²) in [5, 5.41) is 0. The van der Waals surface area contributed by atoms with Gasteiger partial charge in [-0.15, -0.1) is 0 Å². The van der Waals surface area contributed by atoms with E-state index in [1.165, 1.54) is 17.7 Å². The predicted octanol–water partition coefficient (Wildman–Crippen LogP) is 2.44. The van der Waals surface area contributed by atoms with E-state index in [1.54, 1.807) is 7.11 Å². The van der Waals surface area contributed by atoms with Gasteiger partial charge in [-0.1, -0.05) is 6.92 Å². The SMILES string of the molecule is COC1CN(c2cc(C)cc(N)c2)CCC1C. The molecule has 0 bridgehead atoms. The molecule has 1 heterocycles. The Morgan fingerprint density at radius 2 is 2.12 bits per heavy atom. The van der Waals surface area contributed by atoms with Crippen molar-refractivity contribution in [3.63, 3.8) is 0 Å². The number of hydrogen-bond acceptors (Lipinski definition) is 3. The fraction of sp³-hybridized carbons (Fsp3) is 0.571. The number of hydrogen-bond donors (Lipinski definition) is 1. The molecule has 94 valence electrons. The van der Waals surface area contributed by atoms with Gasteiger partial charge in [-0.05, 0) is 43.0 Å². The Labute approximate surface area is 104 Å². The maximum Gasteiger partial charge on any atom is 0.0772 e. The molecule has 0 saturated carbocycles. The van der Waals surface area contributed by atoms with Crippen LogP contribution < -0.4 is 10.6 Å². The number of piperidine rings is 1. The highest BCUT2D eigenvalue weighted by Gasteiger charge is 2.26. The zero-order chi connectivity index (χ0) is 12.4. The molecule has 3 heteroatoms. The molecule has 1 aromatic carbocycles. The molecule has 1 aliphatic rings. The summed E-state index contributed by atoms with van der Waals surface area (Å²) < 4.78 is 5.54. The van der Waals surface area contributed by atoms with Crippen molar-refractivity contribution in [3.8, 4) is 0 Å². The van der Waals surface area contributed by atoms with Crippen molar-refractivity contribution in [2.75, 3.05) is 30.8 Å². The van der Waals surface area contributed by atoms with Crippen molar-refractivity contribution in [1.29, 1.82) is 0 Å². The van der Waals surface area contributed by atoms with Crippen LogP contribution >= 0.6 is 0 Å². The van der Waals surface area contributed by atoms with Crippen LogP contribution in [0.2, 0.25) is 0 Å². The molecular weight excluding hydrogens is 212 g/mol. The minimum atomic E-state index is 0.325. The van der Waals surface area contributed by atoms with Gasteiger partial charge in [0.25, 0.3) is 0 Å². The van der Waals surface area contributed by atoms with Crippen molar-refractivity contribution in [3.05, 3.63) is 23.8 Å². The molecule has 0 radical (unpaired) electrons. The summed E-state index contributed by atoms with van der Waals surface area (Å²) in [4.78, 5) is 2.37. The lowest BCUT2D eigenvalue weighted by atomic mass is 9.95. The zero-order valence-electron chi connectivity index (χ0n) is 10.9. The van der Waals surface area contributed by atoms with Crippen LogP contribution in [-0.4, -0.2) is 26.3 Å². The van der Waals surface area contributed by atoms with Crippen molar-refractivity contribution in [1.82, 2.24) is 0 Å². The van der Waals surface area contributed by atoms with Gasteiger partial charge in [-0.3, -0.25) is 0 Å². The highest BCUT2D eigenvalue weighted by molar-refractivity contribution is 5.58. The maximum absolute atomic E-state index is 5.90. The van der Waals surface area contributed by atoms with Gasteiger partial charge in [0.1, 0.15) is 0 Å². The molecule has 2 atom stereocenters. The summed E-state index contributed by atoms with van der Waals surface area (Å²) in [6.45, 7) is 6.39. The molecular formula is C14H22N2O. The van der Waals surface area contributed by atoms with Gasteiger partial charge in [-0.25, -0.2) is 0 Å². The molecule has 2 rings (SSSR count). The van der Waals surface area contributed by atoms with E-state index in [0.717, 1.165) is 18.8 Å². The first-order valence-electron chi connectivity index (χ1n) is 6.25. The number of benzene rings is 1. The average molecular weight is 234 g/mol. The number of ether oxygens (including phenoxy) is 1. The van der Waals surface area contributed by atoms with E-state index in [-0.39, 0.29) is 0 Å². The summed E-state index contributed by atoms with van der Waals surface area (Å²) in [5.74, 6) is 0.637. The Hall–Kier alpha value is -1.22. The van der Waals surface area contributed by atoms with Gasteiger partial charge in [0.2, 0.25) is 0 Å². The Morgan fingerprint density at radius 3 is 2.76 bits per heavy atom. The lowest BCUT2D eigenvalue weighted by molar-refractivity contribution is 0.0498. The highest BCUT2D eigenvalue weighted by Crippen LogP contribution is 2.27. The van der Waals surface area contributed by atoms with Gasteiger partial charge in [0.15, 0.2) is 0 Å². The van der Waals surface area contributed by atoms with Gasteiger partial charge in [-0.2, -0.15) is 0 Å². The fourth-order valence-electron chi connectivity index (χ4n) is 2.55. The van der Waals surface area contributed by atoms with Gasteiger partial charge in [0.05, 0.1) is 6.10 Å². The predicted molar refractivity (Wildman–Crippen MR) is 72.4 cm³/mol. The number of anilines is 2. The maximum atomic E-state index is 5.90. The smallest absolute Gasteiger partial charge is 0.0772 e. The van der Waals surface area contributed by atoms with Crippen molar-refractivity contribution >= 4 is 11.4 Å². The minimum Gasteiger partial charge on any atom is -0.399 e. The van der Waals surface area contributed by atoms with E-state index in [1.807, 2.05) is 6.07 Å². The molecule has 1 aliphatic heterocycles. The first kappa shape index (κ1) is 12.2. The van der Waals surface area contributed by atoms with E-state index in [2.05, 4.69) is 30.9 Å². The number of nitrogen functional groups attached to an aromatic ring is 1. The number of methoxy groups -OCH3 is 1. The Morgan fingerprint density at radius 1 is 1.35 bits per heavy atom. The van der Waals surface area contributed by atoms with Crippen molar-refractivity contribution in [2.45, 2.75) is 26.4 Å². The lowest BCUT2D eigenvalue weighted by Crippen LogP contribution is -2.43. The van der Waals surface area contributed by atoms with Crippen molar-refractivity contribution in [2.24, 2.45) is 5.92 Å². The van der Waals surface area contributed by atoms with Crippen LogP contribution in [-0.2, 0) is 4.74 Å². The van der Waals surface area contributed by atoms with Crippen LogP contribution in [0.3, 0.4) is 0 Å². The summed E-state index contributed by atoms with van der Waals surface area (Å²) in [6.07, 6.45) is 1.50. The Kier molecular flexibility index (Phi) is 3.57. The second-order valence-corrected chi connectivity index (χ2v) is 5.09. The summed E-state index contributed by atoms with van der Waals surface area (Å²) in [6, 6.07) is 6.25. The minimum absolute atomic E-state index is 0.325. The van der Waals surface area contributed by atoms with Crippen LogP contribution in [0.25, 0.3) is 0 Å². The van der Waals surface area contributed by atoms with Gasteiger partial charge >= 0.3 is 0 Å². The first-order valence-corrected chi connectivity index (χ1v) is 6.25. The van der Waals surface area contributed by atoms with Crippen LogP contribution in [0.1, 0.15) is 18.9 Å². The number of aryl methyl sites for hydroxylation is 1. The third-order valence-corrected chi connectivity index (χ3v) is 3.64. The third kappa shape index (κ3) is 2.72. The van der Waals surface area contributed by atoms with Crippen LogP contribution in [0.15, 0.2) is 18.2 Å². The average Bonchev–Trinajstić information content (AvgIpc) is 2.28. The van der Waals surface area contributed by atoms with E-state index in [0.29, 0.717) is 12.0 Å². The number of nitrogens with two attached hydrogens (primary N) is 1. The Bertz CT molecular complexity index is 372. The highest BCUT2D eigenvalue weighted by atomic mass is 16.5. The summed E-state index contributed by atoms with van der Waals surface area (Å²) in [7, 11) is 1.80. The molecule has 2 N–H and O–H groups in total. The molecule has 1 fully saturated rings. The van der Waals surface area contributed by atoms with E-state index in [9.17, 15) is 0 Å². The number of nitrogens with zero attached hydrogens (tertiary/aromatic N) is 1. The largest absolute Gasteiger partial charge is 0.399 e. The summed E-state index contributed by atoms with van der Waals surface area (Å²) in [5.41, 5.74) is 9.18. The molecule has 3 nitrogen and oxygen atoms in total. The molecule has 2 unspecified atom stereocenters. The van der Waals surface area contributed by atoms with Crippen LogP contribution in [0.4, 0.5) is 11.4 Å². The fourth-order valence-corrected chi connectivity index (χ4v) is 2.55. The second-order valence-electron chi connectivity index (χ2n) is 5.09. The quantitative estimate of drug-likeness (QED) is 0.799. The van der Waals surface area contributed by atoms with Crippen LogP contribution in [0.5, 0.6) is 0 Å². The normalized spacial score (nSPS) is 25.0. The Balaban J connectivity index is 2.17. The molecule has 0 amide bonds. The second kappa shape index (κ2) is 4.96. The first-order chi connectivity index (χ1) is 8.10. The topological polar surface area (TPSA) is 38.5 Å². The standard InChI is InChI=1S/C14H22N2O/c1-10-6-12(15)8-13(7-10)16-5-4-11(2)14(9-16)17-3/h6-8,11,14H,4-5,9,15H2,1-3H3. The molecule has 17 heavy (non-hydrogen) atoms. The van der Waals surface area contributed by atoms with E-state index >= 15 is 0 Å².